The van der Waals surface area contributed by atoms with Gasteiger partial charge in [-0.05, 0) is 48.9 Å². The van der Waals surface area contributed by atoms with E-state index in [1.165, 1.54) is 38.5 Å². The fourth-order valence-corrected chi connectivity index (χ4v) is 3.64. The van der Waals surface area contributed by atoms with Crippen LogP contribution in [0.3, 0.4) is 0 Å². The standard InChI is InChI=1S/C28H42O3/c1-5-9-15-23(7-3)21-29-26-19-14-20-27(30-22-24(8-4)16-10-6-2)28(26)31-25-17-12-11-13-18-25/h11-14,17-20,23-24H,5-10,15-16,21-22H2,1-4H3. The maximum atomic E-state index is 6.29. The first-order chi connectivity index (χ1) is 15.2. The summed E-state index contributed by atoms with van der Waals surface area (Å²) in [4.78, 5) is 0. The predicted molar refractivity (Wildman–Crippen MR) is 131 cm³/mol. The van der Waals surface area contributed by atoms with Crippen molar-refractivity contribution in [1.29, 1.82) is 0 Å². The van der Waals surface area contributed by atoms with Gasteiger partial charge in [0.25, 0.3) is 0 Å². The lowest BCUT2D eigenvalue weighted by molar-refractivity contribution is 0.211. The number of para-hydroxylation sites is 2. The Labute approximate surface area is 190 Å². The average Bonchev–Trinajstić information content (AvgIpc) is 2.81. The van der Waals surface area contributed by atoms with E-state index in [1.807, 2.05) is 48.5 Å². The number of benzene rings is 2. The molecule has 0 aliphatic rings. The predicted octanol–water partition coefficient (Wildman–Crippen LogP) is 8.67. The SMILES string of the molecule is CCCCC(CC)COc1cccc(OCC(CC)CCCC)c1Oc1ccccc1. The molecule has 2 aromatic carbocycles. The minimum atomic E-state index is 0.563. The summed E-state index contributed by atoms with van der Waals surface area (Å²) in [6.07, 6.45) is 9.59. The van der Waals surface area contributed by atoms with Gasteiger partial charge >= 0.3 is 0 Å². The Morgan fingerprint density at radius 3 is 1.61 bits per heavy atom. The van der Waals surface area contributed by atoms with Gasteiger partial charge in [0.05, 0.1) is 13.2 Å². The van der Waals surface area contributed by atoms with Gasteiger partial charge in [-0.25, -0.2) is 0 Å². The molecule has 0 heterocycles. The van der Waals surface area contributed by atoms with Gasteiger partial charge in [-0.3, -0.25) is 0 Å². The van der Waals surface area contributed by atoms with Crippen LogP contribution < -0.4 is 14.2 Å². The van der Waals surface area contributed by atoms with E-state index in [2.05, 4.69) is 27.7 Å². The monoisotopic (exact) mass is 426 g/mol. The van der Waals surface area contributed by atoms with Crippen molar-refractivity contribution in [3.63, 3.8) is 0 Å². The van der Waals surface area contributed by atoms with Gasteiger partial charge in [0.2, 0.25) is 5.75 Å². The minimum Gasteiger partial charge on any atom is -0.489 e. The van der Waals surface area contributed by atoms with Crippen molar-refractivity contribution in [3.05, 3.63) is 48.5 Å². The molecule has 0 saturated carbocycles. The zero-order chi connectivity index (χ0) is 22.3. The molecule has 0 radical (unpaired) electrons. The first kappa shape index (κ1) is 25.1. The molecule has 2 atom stereocenters. The Morgan fingerprint density at radius 1 is 0.645 bits per heavy atom. The molecule has 172 valence electrons. The molecule has 0 N–H and O–H groups in total. The molecule has 3 nitrogen and oxygen atoms in total. The number of hydrogen-bond acceptors (Lipinski definition) is 3. The van der Waals surface area contributed by atoms with Crippen LogP contribution in [0.25, 0.3) is 0 Å². The molecule has 3 heteroatoms. The second-order valence-electron chi connectivity index (χ2n) is 8.45. The van der Waals surface area contributed by atoms with E-state index in [1.54, 1.807) is 0 Å². The van der Waals surface area contributed by atoms with Crippen LogP contribution in [-0.2, 0) is 0 Å². The highest BCUT2D eigenvalue weighted by atomic mass is 16.5. The Kier molecular flexibility index (Phi) is 12.0. The summed E-state index contributed by atoms with van der Waals surface area (Å²) in [5, 5.41) is 0. The number of hydrogen-bond donors (Lipinski definition) is 0. The highest BCUT2D eigenvalue weighted by molar-refractivity contribution is 5.53. The molecular formula is C28H42O3. The molecule has 2 rings (SSSR count). The van der Waals surface area contributed by atoms with Gasteiger partial charge in [0.1, 0.15) is 5.75 Å². The average molecular weight is 427 g/mol. The third-order valence-corrected chi connectivity index (χ3v) is 5.94. The van der Waals surface area contributed by atoms with E-state index in [-0.39, 0.29) is 0 Å². The number of ether oxygens (including phenoxy) is 3. The molecule has 2 unspecified atom stereocenters. The lowest BCUT2D eigenvalue weighted by Gasteiger charge is -2.21. The lowest BCUT2D eigenvalue weighted by atomic mass is 10.0. The van der Waals surface area contributed by atoms with Gasteiger partial charge in [0, 0.05) is 0 Å². The molecule has 2 aromatic rings. The normalized spacial score (nSPS) is 12.9. The van der Waals surface area contributed by atoms with Crippen LogP contribution in [0.15, 0.2) is 48.5 Å². The van der Waals surface area contributed by atoms with E-state index >= 15 is 0 Å². The number of unbranched alkanes of at least 4 members (excludes halogenated alkanes) is 2. The third-order valence-electron chi connectivity index (χ3n) is 5.94. The molecular weight excluding hydrogens is 384 g/mol. The summed E-state index contributed by atoms with van der Waals surface area (Å²) >= 11 is 0. The van der Waals surface area contributed by atoms with Crippen LogP contribution in [0.5, 0.6) is 23.0 Å². The summed E-state index contributed by atoms with van der Waals surface area (Å²) < 4.78 is 18.9. The van der Waals surface area contributed by atoms with Crippen molar-refractivity contribution in [3.8, 4) is 23.0 Å². The Balaban J connectivity index is 2.18. The van der Waals surface area contributed by atoms with Crippen LogP contribution >= 0.6 is 0 Å². The van der Waals surface area contributed by atoms with E-state index < -0.39 is 0 Å². The Hall–Kier alpha value is -2.16. The van der Waals surface area contributed by atoms with E-state index in [0.29, 0.717) is 30.8 Å². The molecule has 0 aromatic heterocycles. The smallest absolute Gasteiger partial charge is 0.211 e. The van der Waals surface area contributed by atoms with E-state index in [4.69, 9.17) is 14.2 Å². The molecule has 0 fully saturated rings. The van der Waals surface area contributed by atoms with E-state index in [9.17, 15) is 0 Å². The maximum Gasteiger partial charge on any atom is 0.211 e. The van der Waals surface area contributed by atoms with Crippen LogP contribution in [-0.4, -0.2) is 13.2 Å². The van der Waals surface area contributed by atoms with Crippen LogP contribution in [0.1, 0.15) is 79.1 Å². The lowest BCUT2D eigenvalue weighted by Crippen LogP contribution is -2.13. The molecule has 0 aliphatic carbocycles. The second kappa shape index (κ2) is 14.8. The van der Waals surface area contributed by atoms with Gasteiger partial charge < -0.3 is 14.2 Å². The largest absolute Gasteiger partial charge is 0.489 e. The van der Waals surface area contributed by atoms with Crippen LogP contribution in [0, 0.1) is 11.8 Å². The van der Waals surface area contributed by atoms with Gasteiger partial charge in [-0.2, -0.15) is 0 Å². The summed E-state index contributed by atoms with van der Waals surface area (Å²) in [5.74, 6) is 4.12. The fourth-order valence-electron chi connectivity index (χ4n) is 3.64. The van der Waals surface area contributed by atoms with Crippen LogP contribution in [0.2, 0.25) is 0 Å². The zero-order valence-corrected chi connectivity index (χ0v) is 20.1. The number of rotatable bonds is 16. The highest BCUT2D eigenvalue weighted by Crippen LogP contribution is 2.41. The van der Waals surface area contributed by atoms with Crippen molar-refractivity contribution in [2.45, 2.75) is 79.1 Å². The first-order valence-electron chi connectivity index (χ1n) is 12.3. The summed E-state index contributed by atoms with van der Waals surface area (Å²) in [6.45, 7) is 10.4. The van der Waals surface area contributed by atoms with Gasteiger partial charge in [-0.15, -0.1) is 0 Å². The first-order valence-corrected chi connectivity index (χ1v) is 12.3. The highest BCUT2D eigenvalue weighted by Gasteiger charge is 2.17. The van der Waals surface area contributed by atoms with Crippen molar-refractivity contribution in [1.82, 2.24) is 0 Å². The van der Waals surface area contributed by atoms with Crippen molar-refractivity contribution in [2.24, 2.45) is 11.8 Å². The quantitative estimate of drug-likeness (QED) is 0.269. The van der Waals surface area contributed by atoms with Crippen molar-refractivity contribution >= 4 is 0 Å². The van der Waals surface area contributed by atoms with E-state index in [0.717, 1.165) is 30.1 Å². The zero-order valence-electron chi connectivity index (χ0n) is 20.1. The summed E-state index contributed by atoms with van der Waals surface area (Å²) in [6, 6.07) is 15.9. The molecule has 0 saturated heterocycles. The van der Waals surface area contributed by atoms with Crippen molar-refractivity contribution < 1.29 is 14.2 Å². The molecule has 0 aliphatic heterocycles. The third kappa shape index (κ3) is 8.85. The molecule has 0 bridgehead atoms. The molecule has 0 amide bonds. The Bertz CT molecular complexity index is 675. The van der Waals surface area contributed by atoms with Crippen molar-refractivity contribution in [2.75, 3.05) is 13.2 Å². The fraction of sp³-hybridized carbons (Fsp3) is 0.571. The molecule has 0 spiro atoms. The van der Waals surface area contributed by atoms with Gasteiger partial charge in [-0.1, -0.05) is 90.5 Å². The maximum absolute atomic E-state index is 6.29. The minimum absolute atomic E-state index is 0.563. The second-order valence-corrected chi connectivity index (χ2v) is 8.45. The molecule has 31 heavy (non-hydrogen) atoms. The topological polar surface area (TPSA) is 27.7 Å². The van der Waals surface area contributed by atoms with Gasteiger partial charge in [0.15, 0.2) is 11.5 Å². The van der Waals surface area contributed by atoms with Crippen LogP contribution in [0.4, 0.5) is 0 Å². The summed E-state index contributed by atoms with van der Waals surface area (Å²) in [5.41, 5.74) is 0. The summed E-state index contributed by atoms with van der Waals surface area (Å²) in [7, 11) is 0. The Morgan fingerprint density at radius 2 is 1.16 bits per heavy atom.